The van der Waals surface area contributed by atoms with Crippen LogP contribution in [0.25, 0.3) is 0 Å². The number of hydrogen-bond donors (Lipinski definition) is 0. The molecule has 0 bridgehead atoms. The number of aromatic nitrogens is 1. The zero-order valence-corrected chi connectivity index (χ0v) is 15.1. The van der Waals surface area contributed by atoms with Crippen molar-refractivity contribution in [2.75, 3.05) is 26.2 Å². The van der Waals surface area contributed by atoms with Crippen LogP contribution >= 0.6 is 0 Å². The van der Waals surface area contributed by atoms with Crippen LogP contribution in [-0.2, 0) is 23.1 Å². The maximum Gasteiger partial charge on any atom is 0.243 e. The topological polar surface area (TPSA) is 69.3 Å². The van der Waals surface area contributed by atoms with E-state index in [4.69, 9.17) is 5.26 Å². The smallest absolute Gasteiger partial charge is 0.243 e. The average molecular weight is 358 g/mol. The molecule has 0 radical (unpaired) electrons. The Morgan fingerprint density at radius 2 is 1.80 bits per heavy atom. The highest BCUT2D eigenvalue weighted by molar-refractivity contribution is 7.89. The third-order valence-electron chi connectivity index (χ3n) is 4.53. The highest BCUT2D eigenvalue weighted by Gasteiger charge is 2.28. The number of sulfonamides is 1. The van der Waals surface area contributed by atoms with Gasteiger partial charge in [0.2, 0.25) is 10.0 Å². The molecule has 25 heavy (non-hydrogen) atoms. The van der Waals surface area contributed by atoms with Gasteiger partial charge in [0, 0.05) is 45.5 Å². The van der Waals surface area contributed by atoms with Crippen molar-refractivity contribution in [1.82, 2.24) is 13.8 Å². The van der Waals surface area contributed by atoms with E-state index in [1.54, 1.807) is 28.6 Å². The summed E-state index contributed by atoms with van der Waals surface area (Å²) in [7, 11) is -3.41. The lowest BCUT2D eigenvalue weighted by molar-refractivity contribution is 0.181. The van der Waals surface area contributed by atoms with Gasteiger partial charge in [0.05, 0.1) is 4.90 Å². The van der Waals surface area contributed by atoms with Gasteiger partial charge in [0.25, 0.3) is 0 Å². The summed E-state index contributed by atoms with van der Waals surface area (Å²) in [6.45, 7) is 5.86. The second-order valence-electron chi connectivity index (χ2n) is 6.12. The summed E-state index contributed by atoms with van der Waals surface area (Å²) < 4.78 is 28.8. The zero-order valence-electron chi connectivity index (χ0n) is 14.3. The van der Waals surface area contributed by atoms with Crippen molar-refractivity contribution in [2.45, 2.75) is 24.9 Å². The molecule has 132 valence electrons. The molecule has 6 nitrogen and oxygen atoms in total. The molecule has 0 atom stereocenters. The highest BCUT2D eigenvalue weighted by atomic mass is 32.2. The Labute approximate surface area is 148 Å². The highest BCUT2D eigenvalue weighted by Crippen LogP contribution is 2.18. The fraction of sp³-hybridized carbons (Fsp3) is 0.389. The Hall–Kier alpha value is -2.14. The van der Waals surface area contributed by atoms with E-state index in [1.165, 1.54) is 0 Å². The van der Waals surface area contributed by atoms with Crippen LogP contribution in [0.15, 0.2) is 47.5 Å². The minimum absolute atomic E-state index is 0.349. The Morgan fingerprint density at radius 1 is 1.12 bits per heavy atom. The van der Waals surface area contributed by atoms with Crippen molar-refractivity contribution >= 4 is 10.0 Å². The molecule has 0 N–H and O–H groups in total. The zero-order chi connectivity index (χ0) is 17.9. The van der Waals surface area contributed by atoms with Crippen LogP contribution in [0.2, 0.25) is 0 Å². The molecule has 1 aromatic heterocycles. The molecule has 2 aromatic rings. The number of benzene rings is 1. The molecule has 0 amide bonds. The minimum Gasteiger partial charge on any atom is -0.339 e. The number of hydrogen-bond acceptors (Lipinski definition) is 4. The Balaban J connectivity index is 1.63. The van der Waals surface area contributed by atoms with Gasteiger partial charge < -0.3 is 4.57 Å². The number of rotatable bonds is 5. The third-order valence-corrected chi connectivity index (χ3v) is 6.44. The van der Waals surface area contributed by atoms with Crippen LogP contribution in [-0.4, -0.2) is 48.4 Å². The van der Waals surface area contributed by atoms with Gasteiger partial charge in [-0.2, -0.15) is 9.57 Å². The van der Waals surface area contributed by atoms with Crippen molar-refractivity contribution < 1.29 is 8.42 Å². The van der Waals surface area contributed by atoms with Gasteiger partial charge in [-0.15, -0.1) is 0 Å². The van der Waals surface area contributed by atoms with E-state index in [9.17, 15) is 8.42 Å². The van der Waals surface area contributed by atoms with Crippen molar-refractivity contribution in [2.24, 2.45) is 0 Å². The third kappa shape index (κ3) is 3.76. The summed E-state index contributed by atoms with van der Waals surface area (Å²) in [5.41, 5.74) is 1.76. The van der Waals surface area contributed by atoms with E-state index in [0.717, 1.165) is 18.7 Å². The molecule has 1 saturated heterocycles. The normalized spacial score (nSPS) is 16.6. The fourth-order valence-corrected chi connectivity index (χ4v) is 4.58. The summed E-state index contributed by atoms with van der Waals surface area (Å²) in [6.07, 6.45) is 2.01. The summed E-state index contributed by atoms with van der Waals surface area (Å²) in [5.74, 6) is 0. The lowest BCUT2D eigenvalue weighted by Crippen LogP contribution is -2.48. The molecular weight excluding hydrogens is 336 g/mol. The maximum atomic E-state index is 12.6. The first kappa shape index (κ1) is 17.7. The Kier molecular flexibility index (Phi) is 5.23. The van der Waals surface area contributed by atoms with E-state index in [-0.39, 0.29) is 0 Å². The van der Waals surface area contributed by atoms with Gasteiger partial charge >= 0.3 is 0 Å². The molecule has 1 aliphatic rings. The molecular formula is C18H22N4O2S. The molecule has 0 unspecified atom stereocenters. The number of nitrogens with zero attached hydrogens (tertiary/aromatic N) is 4. The molecule has 7 heteroatoms. The van der Waals surface area contributed by atoms with Crippen molar-refractivity contribution in [1.29, 1.82) is 5.26 Å². The molecule has 2 heterocycles. The number of aryl methyl sites for hydroxylation is 1. The molecule has 0 spiro atoms. The van der Waals surface area contributed by atoms with Crippen LogP contribution in [0.5, 0.6) is 0 Å². The lowest BCUT2D eigenvalue weighted by Gasteiger charge is -2.33. The molecule has 1 fully saturated rings. The standard InChI is InChI=1S/C18H22N4O2S/c1-2-21-15-16(12-17(21)13-19)14-20-8-10-22(11-9-20)25(23,24)18-6-4-3-5-7-18/h3-7,12,15H,2,8-11,14H2,1H3. The predicted molar refractivity (Wildman–Crippen MR) is 95.3 cm³/mol. The first-order valence-electron chi connectivity index (χ1n) is 8.41. The second-order valence-corrected chi connectivity index (χ2v) is 8.06. The van der Waals surface area contributed by atoms with Crippen molar-refractivity contribution in [3.05, 3.63) is 53.9 Å². The number of nitriles is 1. The van der Waals surface area contributed by atoms with Crippen LogP contribution < -0.4 is 0 Å². The van der Waals surface area contributed by atoms with Crippen molar-refractivity contribution in [3.63, 3.8) is 0 Å². The van der Waals surface area contributed by atoms with Gasteiger partial charge in [0.15, 0.2) is 0 Å². The second kappa shape index (κ2) is 7.40. The fourth-order valence-electron chi connectivity index (χ4n) is 3.14. The monoisotopic (exact) mass is 358 g/mol. The Morgan fingerprint density at radius 3 is 2.36 bits per heavy atom. The first-order chi connectivity index (χ1) is 12.0. The lowest BCUT2D eigenvalue weighted by atomic mass is 10.2. The van der Waals surface area contributed by atoms with Crippen LogP contribution in [0.1, 0.15) is 18.2 Å². The van der Waals surface area contributed by atoms with E-state index >= 15 is 0 Å². The van der Waals surface area contributed by atoms with Gasteiger partial charge in [0.1, 0.15) is 11.8 Å². The predicted octanol–water partition coefficient (Wildman–Crippen LogP) is 1.89. The molecule has 1 aliphatic heterocycles. The van der Waals surface area contributed by atoms with Crippen LogP contribution in [0.3, 0.4) is 0 Å². The molecule has 0 aliphatic carbocycles. The van der Waals surface area contributed by atoms with Gasteiger partial charge in [-0.25, -0.2) is 8.42 Å². The van der Waals surface area contributed by atoms with Gasteiger partial charge in [-0.05, 0) is 30.7 Å². The molecule has 0 saturated carbocycles. The SMILES string of the molecule is CCn1cc(CN2CCN(S(=O)(=O)c3ccccc3)CC2)cc1C#N. The minimum atomic E-state index is -3.41. The number of piperazine rings is 1. The van der Waals surface area contributed by atoms with E-state index in [2.05, 4.69) is 11.0 Å². The van der Waals surface area contributed by atoms with Crippen LogP contribution in [0.4, 0.5) is 0 Å². The van der Waals surface area contributed by atoms with E-state index in [0.29, 0.717) is 36.8 Å². The summed E-state index contributed by atoms with van der Waals surface area (Å²) in [6, 6.07) is 12.7. The van der Waals surface area contributed by atoms with Crippen molar-refractivity contribution in [3.8, 4) is 6.07 Å². The summed E-state index contributed by atoms with van der Waals surface area (Å²) >= 11 is 0. The Bertz CT molecular complexity index is 860. The van der Waals surface area contributed by atoms with Crippen LogP contribution in [0, 0.1) is 11.3 Å². The van der Waals surface area contributed by atoms with Gasteiger partial charge in [-0.3, -0.25) is 4.90 Å². The van der Waals surface area contributed by atoms with Gasteiger partial charge in [-0.1, -0.05) is 18.2 Å². The van der Waals surface area contributed by atoms with E-state index < -0.39 is 10.0 Å². The molecule has 1 aromatic carbocycles. The average Bonchev–Trinajstić information content (AvgIpc) is 3.05. The first-order valence-corrected chi connectivity index (χ1v) is 9.85. The van der Waals surface area contributed by atoms with E-state index in [1.807, 2.05) is 29.8 Å². The summed E-state index contributed by atoms with van der Waals surface area (Å²) in [5, 5.41) is 9.14. The quantitative estimate of drug-likeness (QED) is 0.818. The largest absolute Gasteiger partial charge is 0.339 e. The molecule has 3 rings (SSSR count). The maximum absolute atomic E-state index is 12.6. The summed E-state index contributed by atoms with van der Waals surface area (Å²) in [4.78, 5) is 2.58.